The van der Waals surface area contributed by atoms with Gasteiger partial charge in [-0.15, -0.1) is 0 Å². The van der Waals surface area contributed by atoms with Gasteiger partial charge in [-0.1, -0.05) is 6.42 Å². The van der Waals surface area contributed by atoms with Crippen molar-refractivity contribution in [3.63, 3.8) is 0 Å². The summed E-state index contributed by atoms with van der Waals surface area (Å²) in [5.41, 5.74) is 0. The molecule has 22 heavy (non-hydrogen) atoms. The minimum atomic E-state index is 0.299. The first-order valence-corrected chi connectivity index (χ1v) is 8.30. The summed E-state index contributed by atoms with van der Waals surface area (Å²) < 4.78 is 0. The zero-order valence-electron chi connectivity index (χ0n) is 13.5. The van der Waals surface area contributed by atoms with Crippen molar-refractivity contribution in [2.45, 2.75) is 33.1 Å². The number of nitrogens with one attached hydrogen (secondary N) is 1. The van der Waals surface area contributed by atoms with E-state index in [1.165, 1.54) is 6.42 Å². The van der Waals surface area contributed by atoms with Crippen LogP contribution in [0, 0.1) is 12.8 Å². The van der Waals surface area contributed by atoms with Gasteiger partial charge in [0.05, 0.1) is 0 Å². The molecule has 6 heteroatoms. The SMILES string of the molecule is CCNc1cc(N2CCN(C(=O)C3CCC3)CC2)nc(C)n1. The fourth-order valence-corrected chi connectivity index (χ4v) is 3.05. The van der Waals surface area contributed by atoms with Crippen molar-refractivity contribution in [2.75, 3.05) is 42.9 Å². The van der Waals surface area contributed by atoms with Gasteiger partial charge < -0.3 is 15.1 Å². The number of aryl methyl sites for hydroxylation is 1. The van der Waals surface area contributed by atoms with Crippen molar-refractivity contribution in [2.24, 2.45) is 5.92 Å². The van der Waals surface area contributed by atoms with E-state index in [-0.39, 0.29) is 0 Å². The van der Waals surface area contributed by atoms with Gasteiger partial charge in [-0.3, -0.25) is 4.79 Å². The largest absolute Gasteiger partial charge is 0.370 e. The summed E-state index contributed by atoms with van der Waals surface area (Å²) in [5, 5.41) is 3.24. The van der Waals surface area contributed by atoms with Crippen LogP contribution in [0.1, 0.15) is 32.0 Å². The molecule has 2 aliphatic rings. The molecule has 0 bridgehead atoms. The van der Waals surface area contributed by atoms with E-state index in [1.807, 2.05) is 17.9 Å². The first-order chi connectivity index (χ1) is 10.7. The predicted octanol–water partition coefficient (Wildman–Crippen LogP) is 1.67. The Hall–Kier alpha value is -1.85. The van der Waals surface area contributed by atoms with Gasteiger partial charge in [0.15, 0.2) is 0 Å². The van der Waals surface area contributed by atoms with Crippen LogP contribution in [0.2, 0.25) is 0 Å². The highest BCUT2D eigenvalue weighted by Gasteiger charge is 2.31. The monoisotopic (exact) mass is 303 g/mol. The Kier molecular flexibility index (Phi) is 4.45. The number of hydrogen-bond donors (Lipinski definition) is 1. The van der Waals surface area contributed by atoms with Crippen molar-refractivity contribution in [3.8, 4) is 0 Å². The number of amides is 1. The van der Waals surface area contributed by atoms with Gasteiger partial charge in [0.1, 0.15) is 17.5 Å². The van der Waals surface area contributed by atoms with Crippen molar-refractivity contribution in [3.05, 3.63) is 11.9 Å². The fraction of sp³-hybridized carbons (Fsp3) is 0.688. The van der Waals surface area contributed by atoms with Crippen molar-refractivity contribution >= 4 is 17.5 Å². The lowest BCUT2D eigenvalue weighted by atomic mass is 9.84. The summed E-state index contributed by atoms with van der Waals surface area (Å²) in [4.78, 5) is 25.5. The third-order valence-corrected chi connectivity index (χ3v) is 4.55. The zero-order chi connectivity index (χ0) is 15.5. The Morgan fingerprint density at radius 1 is 1.27 bits per heavy atom. The Balaban J connectivity index is 1.62. The second-order valence-corrected chi connectivity index (χ2v) is 6.13. The topological polar surface area (TPSA) is 61.4 Å². The minimum Gasteiger partial charge on any atom is -0.370 e. The van der Waals surface area contributed by atoms with Crippen LogP contribution in [-0.4, -0.2) is 53.5 Å². The molecule has 0 aromatic carbocycles. The average Bonchev–Trinajstić information content (AvgIpc) is 2.45. The second kappa shape index (κ2) is 6.50. The lowest BCUT2D eigenvalue weighted by Crippen LogP contribution is -2.51. The molecule has 0 unspecified atom stereocenters. The standard InChI is InChI=1S/C16H25N5O/c1-3-17-14-11-15(19-12(2)18-14)20-7-9-21(10-8-20)16(22)13-5-4-6-13/h11,13H,3-10H2,1-2H3,(H,17,18,19). The molecule has 1 aromatic heterocycles. The average molecular weight is 303 g/mol. The fourth-order valence-electron chi connectivity index (χ4n) is 3.05. The Morgan fingerprint density at radius 3 is 2.59 bits per heavy atom. The minimum absolute atomic E-state index is 0.299. The number of piperazine rings is 1. The summed E-state index contributed by atoms with van der Waals surface area (Å²) in [6.07, 6.45) is 3.37. The molecule has 0 atom stereocenters. The molecule has 2 fully saturated rings. The summed E-state index contributed by atoms with van der Waals surface area (Å²) >= 11 is 0. The van der Waals surface area contributed by atoms with Crippen LogP contribution in [0.3, 0.4) is 0 Å². The molecule has 6 nitrogen and oxygen atoms in total. The molecule has 3 rings (SSSR count). The smallest absolute Gasteiger partial charge is 0.225 e. The quantitative estimate of drug-likeness (QED) is 0.917. The van der Waals surface area contributed by atoms with E-state index in [0.29, 0.717) is 11.8 Å². The van der Waals surface area contributed by atoms with Gasteiger partial charge >= 0.3 is 0 Å². The first-order valence-electron chi connectivity index (χ1n) is 8.30. The molecule has 1 N–H and O–H groups in total. The predicted molar refractivity (Wildman–Crippen MR) is 87.1 cm³/mol. The van der Waals surface area contributed by atoms with E-state index in [2.05, 4.69) is 27.1 Å². The number of aromatic nitrogens is 2. The van der Waals surface area contributed by atoms with E-state index in [9.17, 15) is 4.79 Å². The number of carbonyl (C=O) groups is 1. The maximum absolute atomic E-state index is 12.3. The number of nitrogens with zero attached hydrogens (tertiary/aromatic N) is 4. The molecule has 1 amide bonds. The molecule has 2 heterocycles. The van der Waals surface area contributed by atoms with Crippen molar-refractivity contribution in [1.82, 2.24) is 14.9 Å². The van der Waals surface area contributed by atoms with Crippen LogP contribution < -0.4 is 10.2 Å². The molecule has 1 aromatic rings. The Labute approximate surface area is 131 Å². The van der Waals surface area contributed by atoms with Crippen LogP contribution >= 0.6 is 0 Å². The molecular weight excluding hydrogens is 278 g/mol. The number of anilines is 2. The third kappa shape index (κ3) is 3.15. The highest BCUT2D eigenvalue weighted by molar-refractivity contribution is 5.79. The maximum Gasteiger partial charge on any atom is 0.225 e. The number of rotatable bonds is 4. The molecule has 1 aliphatic heterocycles. The van der Waals surface area contributed by atoms with E-state index in [4.69, 9.17) is 0 Å². The van der Waals surface area contributed by atoms with E-state index >= 15 is 0 Å². The van der Waals surface area contributed by atoms with Gasteiger partial charge in [0.25, 0.3) is 0 Å². The lowest BCUT2D eigenvalue weighted by molar-refractivity contribution is -0.138. The van der Waals surface area contributed by atoms with Crippen LogP contribution in [-0.2, 0) is 4.79 Å². The van der Waals surface area contributed by atoms with Gasteiger partial charge in [-0.25, -0.2) is 9.97 Å². The van der Waals surface area contributed by atoms with E-state index < -0.39 is 0 Å². The molecular formula is C16H25N5O. The normalized spacial score (nSPS) is 19.0. The maximum atomic E-state index is 12.3. The van der Waals surface area contributed by atoms with Crippen molar-refractivity contribution < 1.29 is 4.79 Å². The van der Waals surface area contributed by atoms with Crippen LogP contribution in [0.15, 0.2) is 6.07 Å². The molecule has 1 aliphatic carbocycles. The number of carbonyl (C=O) groups excluding carboxylic acids is 1. The van der Waals surface area contributed by atoms with Gasteiger partial charge in [-0.05, 0) is 26.7 Å². The molecule has 120 valence electrons. The third-order valence-electron chi connectivity index (χ3n) is 4.55. The summed E-state index contributed by atoms with van der Waals surface area (Å²) in [7, 11) is 0. The van der Waals surface area contributed by atoms with Crippen LogP contribution in [0.4, 0.5) is 11.6 Å². The van der Waals surface area contributed by atoms with Crippen LogP contribution in [0.5, 0.6) is 0 Å². The zero-order valence-corrected chi connectivity index (χ0v) is 13.5. The second-order valence-electron chi connectivity index (χ2n) is 6.13. The highest BCUT2D eigenvalue weighted by Crippen LogP contribution is 2.29. The van der Waals surface area contributed by atoms with Crippen LogP contribution in [0.25, 0.3) is 0 Å². The summed E-state index contributed by atoms with van der Waals surface area (Å²) in [6, 6.07) is 2.00. The molecule has 1 saturated heterocycles. The van der Waals surface area contributed by atoms with Gasteiger partial charge in [-0.2, -0.15) is 0 Å². The Bertz CT molecular complexity index is 535. The lowest BCUT2D eigenvalue weighted by Gasteiger charge is -2.38. The molecule has 1 saturated carbocycles. The van der Waals surface area contributed by atoms with Gasteiger partial charge in [0.2, 0.25) is 5.91 Å². The van der Waals surface area contributed by atoms with E-state index in [1.54, 1.807) is 0 Å². The molecule has 0 spiro atoms. The summed E-state index contributed by atoms with van der Waals surface area (Å²) in [5.74, 6) is 3.27. The van der Waals surface area contributed by atoms with E-state index in [0.717, 1.165) is 63.0 Å². The summed E-state index contributed by atoms with van der Waals surface area (Å²) in [6.45, 7) is 8.12. The highest BCUT2D eigenvalue weighted by atomic mass is 16.2. The van der Waals surface area contributed by atoms with Gasteiger partial charge in [0, 0.05) is 44.7 Å². The molecule has 0 radical (unpaired) electrons. The first kappa shape index (κ1) is 15.1. The Morgan fingerprint density at radius 2 is 2.00 bits per heavy atom. The number of hydrogen-bond acceptors (Lipinski definition) is 5. The van der Waals surface area contributed by atoms with Crippen molar-refractivity contribution in [1.29, 1.82) is 0 Å².